The van der Waals surface area contributed by atoms with Gasteiger partial charge in [0.2, 0.25) is 0 Å². The summed E-state index contributed by atoms with van der Waals surface area (Å²) in [4.78, 5) is 18.8. The van der Waals surface area contributed by atoms with E-state index in [1.807, 2.05) is 29.1 Å². The molecule has 7 heteroatoms. The Morgan fingerprint density at radius 1 is 1.28 bits per heavy atom. The van der Waals surface area contributed by atoms with Gasteiger partial charge >= 0.3 is 0 Å². The number of nitrogens with zero attached hydrogens (tertiary/aromatic N) is 5. The molecule has 0 bridgehead atoms. The van der Waals surface area contributed by atoms with Crippen LogP contribution >= 0.6 is 0 Å². The molecular weight excluding hydrogens is 316 g/mol. The van der Waals surface area contributed by atoms with Gasteiger partial charge in [0.1, 0.15) is 0 Å². The van der Waals surface area contributed by atoms with Crippen LogP contribution in [0.25, 0.3) is 0 Å². The molecule has 7 nitrogen and oxygen atoms in total. The van der Waals surface area contributed by atoms with Crippen LogP contribution in [-0.4, -0.2) is 49.9 Å². The van der Waals surface area contributed by atoms with Gasteiger partial charge < -0.3 is 5.32 Å². The van der Waals surface area contributed by atoms with Gasteiger partial charge in [0.15, 0.2) is 0 Å². The average molecular weight is 336 g/mol. The standard InChI is InChI=1S/C18H20N6O/c25-18(7-6-14-4-5-14)21-16-12-23(11-15-3-1-2-8-19-15)13-17(16)24-10-9-20-22-24/h1-3,8-10,14,16-17H,4-5,11-13H2,(H,21,25)/t16-,17+/m1/s1. The zero-order chi connectivity index (χ0) is 17.1. The Balaban J connectivity index is 1.45. The molecule has 0 spiro atoms. The molecule has 2 aliphatic rings. The Hall–Kier alpha value is -2.72. The molecule has 1 N–H and O–H groups in total. The number of amides is 1. The van der Waals surface area contributed by atoms with Crippen molar-refractivity contribution in [1.29, 1.82) is 0 Å². The highest BCUT2D eigenvalue weighted by Crippen LogP contribution is 2.27. The number of carbonyl (C=O) groups is 1. The highest BCUT2D eigenvalue weighted by atomic mass is 16.1. The normalized spacial score (nSPS) is 23.0. The summed E-state index contributed by atoms with van der Waals surface area (Å²) in [7, 11) is 0. The number of aromatic nitrogens is 4. The van der Waals surface area contributed by atoms with Gasteiger partial charge in [-0.25, -0.2) is 4.68 Å². The van der Waals surface area contributed by atoms with Gasteiger partial charge in [0.05, 0.1) is 24.0 Å². The van der Waals surface area contributed by atoms with E-state index < -0.39 is 0 Å². The summed E-state index contributed by atoms with van der Waals surface area (Å²) in [6.07, 6.45) is 7.52. The first-order chi connectivity index (χ1) is 12.3. The zero-order valence-electron chi connectivity index (χ0n) is 13.9. The van der Waals surface area contributed by atoms with Crippen LogP contribution in [0.4, 0.5) is 0 Å². The van der Waals surface area contributed by atoms with Crippen LogP contribution in [0.2, 0.25) is 0 Å². The second kappa shape index (κ2) is 7.03. The molecule has 25 heavy (non-hydrogen) atoms. The SMILES string of the molecule is O=C(C#CC1CC1)N[C@@H]1CN(Cc2ccccn2)C[C@@H]1n1ccnn1. The number of pyridine rings is 1. The van der Waals surface area contributed by atoms with Crippen LogP contribution in [0.1, 0.15) is 24.6 Å². The monoisotopic (exact) mass is 336 g/mol. The fraction of sp³-hybridized carbons (Fsp3) is 0.444. The van der Waals surface area contributed by atoms with E-state index in [1.165, 1.54) is 0 Å². The van der Waals surface area contributed by atoms with E-state index in [2.05, 4.69) is 37.4 Å². The van der Waals surface area contributed by atoms with E-state index in [-0.39, 0.29) is 18.0 Å². The van der Waals surface area contributed by atoms with Gasteiger partial charge in [-0.2, -0.15) is 0 Å². The second-order valence-corrected chi connectivity index (χ2v) is 6.59. The van der Waals surface area contributed by atoms with Gasteiger partial charge in [0, 0.05) is 37.9 Å². The van der Waals surface area contributed by atoms with Crippen molar-refractivity contribution < 1.29 is 4.79 Å². The quantitative estimate of drug-likeness (QED) is 0.829. The first kappa shape index (κ1) is 15.8. The summed E-state index contributed by atoms with van der Waals surface area (Å²) in [5, 5.41) is 11.1. The average Bonchev–Trinajstić information content (AvgIpc) is 3.13. The minimum atomic E-state index is -0.207. The lowest BCUT2D eigenvalue weighted by atomic mass is 10.2. The van der Waals surface area contributed by atoms with E-state index in [4.69, 9.17) is 0 Å². The lowest BCUT2D eigenvalue weighted by Crippen LogP contribution is -2.41. The Kier molecular flexibility index (Phi) is 4.44. The summed E-state index contributed by atoms with van der Waals surface area (Å²) >= 11 is 0. The zero-order valence-corrected chi connectivity index (χ0v) is 13.9. The third kappa shape index (κ3) is 4.03. The maximum Gasteiger partial charge on any atom is 0.296 e. The molecule has 128 valence electrons. The summed E-state index contributed by atoms with van der Waals surface area (Å²) in [5.74, 6) is 5.95. The molecule has 1 aliphatic heterocycles. The molecule has 2 aromatic heterocycles. The highest BCUT2D eigenvalue weighted by Gasteiger charge is 2.35. The third-order valence-corrected chi connectivity index (χ3v) is 4.54. The van der Waals surface area contributed by atoms with Crippen molar-refractivity contribution >= 4 is 5.91 Å². The van der Waals surface area contributed by atoms with Crippen LogP contribution in [0, 0.1) is 17.8 Å². The molecule has 0 aromatic carbocycles. The van der Waals surface area contributed by atoms with Crippen LogP contribution < -0.4 is 5.32 Å². The molecule has 2 atom stereocenters. The van der Waals surface area contributed by atoms with Gasteiger partial charge in [-0.15, -0.1) is 5.10 Å². The topological polar surface area (TPSA) is 75.9 Å². The van der Waals surface area contributed by atoms with Gasteiger partial charge in [-0.3, -0.25) is 14.7 Å². The Morgan fingerprint density at radius 2 is 2.20 bits per heavy atom. The maximum atomic E-state index is 12.2. The number of likely N-dealkylation sites (tertiary alicyclic amines) is 1. The van der Waals surface area contributed by atoms with E-state index in [9.17, 15) is 4.79 Å². The second-order valence-electron chi connectivity index (χ2n) is 6.59. The van der Waals surface area contributed by atoms with Crippen LogP contribution in [0.5, 0.6) is 0 Å². The molecular formula is C18H20N6O. The molecule has 0 unspecified atom stereocenters. The predicted molar refractivity (Wildman–Crippen MR) is 91.0 cm³/mol. The van der Waals surface area contributed by atoms with Crippen molar-refractivity contribution in [1.82, 2.24) is 30.2 Å². The smallest absolute Gasteiger partial charge is 0.296 e. The summed E-state index contributed by atoms with van der Waals surface area (Å²) in [5.41, 5.74) is 1.01. The minimum absolute atomic E-state index is 0.0397. The molecule has 3 heterocycles. The number of carbonyl (C=O) groups excluding carboxylic acids is 1. The summed E-state index contributed by atoms with van der Waals surface area (Å²) in [6.45, 7) is 2.26. The van der Waals surface area contributed by atoms with Crippen LogP contribution in [-0.2, 0) is 11.3 Å². The Bertz CT molecular complexity index is 775. The van der Waals surface area contributed by atoms with Crippen LogP contribution in [0.3, 0.4) is 0 Å². The number of nitrogens with one attached hydrogen (secondary N) is 1. The molecule has 2 aromatic rings. The summed E-state index contributed by atoms with van der Waals surface area (Å²) in [6, 6.07) is 5.90. The number of rotatable bonds is 4. The van der Waals surface area contributed by atoms with Crippen molar-refractivity contribution in [2.75, 3.05) is 13.1 Å². The van der Waals surface area contributed by atoms with Crippen molar-refractivity contribution in [3.05, 3.63) is 42.5 Å². The molecule has 1 saturated heterocycles. The third-order valence-electron chi connectivity index (χ3n) is 4.54. The van der Waals surface area contributed by atoms with E-state index >= 15 is 0 Å². The van der Waals surface area contributed by atoms with Gasteiger partial charge in [-0.05, 0) is 30.9 Å². The van der Waals surface area contributed by atoms with Crippen molar-refractivity contribution in [3.63, 3.8) is 0 Å². The van der Waals surface area contributed by atoms with Crippen molar-refractivity contribution in [2.45, 2.75) is 31.5 Å². The highest BCUT2D eigenvalue weighted by molar-refractivity contribution is 5.93. The molecule has 1 aliphatic carbocycles. The van der Waals surface area contributed by atoms with E-state index in [0.29, 0.717) is 5.92 Å². The summed E-state index contributed by atoms with van der Waals surface area (Å²) < 4.78 is 1.82. The first-order valence-electron chi connectivity index (χ1n) is 8.58. The molecule has 0 radical (unpaired) electrons. The van der Waals surface area contributed by atoms with Gasteiger partial charge in [0.25, 0.3) is 5.91 Å². The molecule has 1 saturated carbocycles. The molecule has 4 rings (SSSR count). The lowest BCUT2D eigenvalue weighted by molar-refractivity contribution is -0.116. The Labute approximate surface area is 146 Å². The molecule has 2 fully saturated rings. The predicted octanol–water partition coefficient (Wildman–Crippen LogP) is 0.628. The van der Waals surface area contributed by atoms with E-state index in [1.54, 1.807) is 12.4 Å². The first-order valence-corrected chi connectivity index (χ1v) is 8.58. The largest absolute Gasteiger partial charge is 0.339 e. The molecule has 1 amide bonds. The van der Waals surface area contributed by atoms with Gasteiger partial charge in [-0.1, -0.05) is 17.2 Å². The number of hydrogen-bond acceptors (Lipinski definition) is 5. The fourth-order valence-electron chi connectivity index (χ4n) is 3.12. The minimum Gasteiger partial charge on any atom is -0.339 e. The number of hydrogen-bond donors (Lipinski definition) is 1. The fourth-order valence-corrected chi connectivity index (χ4v) is 3.12. The maximum absolute atomic E-state index is 12.2. The van der Waals surface area contributed by atoms with E-state index in [0.717, 1.165) is 38.2 Å². The van der Waals surface area contributed by atoms with Crippen LogP contribution in [0.15, 0.2) is 36.8 Å². The van der Waals surface area contributed by atoms with Crippen molar-refractivity contribution in [2.24, 2.45) is 5.92 Å². The van der Waals surface area contributed by atoms with Crippen molar-refractivity contribution in [3.8, 4) is 11.8 Å². The Morgan fingerprint density at radius 3 is 2.92 bits per heavy atom. The lowest BCUT2D eigenvalue weighted by Gasteiger charge is -2.18.